The summed E-state index contributed by atoms with van der Waals surface area (Å²) >= 11 is 0. The second-order valence-electron chi connectivity index (χ2n) is 6.25. The SMILES string of the molecule is CC(C)(C)CC(=O)Nc1cc2c(cc1[N+](=O)[O-])NCC2. The molecule has 1 aliphatic heterocycles. The van der Waals surface area contributed by atoms with Gasteiger partial charge in [-0.25, -0.2) is 0 Å². The first-order chi connectivity index (χ1) is 9.26. The highest BCUT2D eigenvalue weighted by molar-refractivity contribution is 5.94. The fourth-order valence-electron chi connectivity index (χ4n) is 2.26. The number of fused-ring (bicyclic) bond motifs is 1. The van der Waals surface area contributed by atoms with E-state index in [9.17, 15) is 14.9 Å². The Hall–Kier alpha value is -2.11. The van der Waals surface area contributed by atoms with Crippen molar-refractivity contribution in [1.82, 2.24) is 0 Å². The topological polar surface area (TPSA) is 84.3 Å². The quantitative estimate of drug-likeness (QED) is 0.657. The van der Waals surface area contributed by atoms with E-state index >= 15 is 0 Å². The predicted molar refractivity (Wildman–Crippen MR) is 78.0 cm³/mol. The lowest BCUT2D eigenvalue weighted by atomic mass is 9.92. The van der Waals surface area contributed by atoms with E-state index in [1.807, 2.05) is 20.8 Å². The molecular formula is C14H19N3O3. The maximum absolute atomic E-state index is 12.0. The summed E-state index contributed by atoms with van der Waals surface area (Å²) in [5.74, 6) is -0.202. The van der Waals surface area contributed by atoms with E-state index < -0.39 is 4.92 Å². The van der Waals surface area contributed by atoms with Gasteiger partial charge in [-0.1, -0.05) is 20.8 Å². The second-order valence-corrected chi connectivity index (χ2v) is 6.25. The van der Waals surface area contributed by atoms with Crippen LogP contribution >= 0.6 is 0 Å². The molecule has 0 fully saturated rings. The van der Waals surface area contributed by atoms with Crippen LogP contribution in [-0.2, 0) is 11.2 Å². The normalized spacial score (nSPS) is 13.6. The summed E-state index contributed by atoms with van der Waals surface area (Å²) in [6.07, 6.45) is 1.13. The van der Waals surface area contributed by atoms with Crippen LogP contribution in [0.3, 0.4) is 0 Å². The van der Waals surface area contributed by atoms with Crippen LogP contribution in [0.4, 0.5) is 17.1 Å². The van der Waals surface area contributed by atoms with E-state index in [0.717, 1.165) is 24.2 Å². The molecule has 0 aliphatic carbocycles. The van der Waals surface area contributed by atoms with Crippen LogP contribution in [-0.4, -0.2) is 17.4 Å². The summed E-state index contributed by atoms with van der Waals surface area (Å²) in [5.41, 5.74) is 1.84. The smallest absolute Gasteiger partial charge is 0.294 e. The van der Waals surface area contributed by atoms with Gasteiger partial charge in [-0.3, -0.25) is 14.9 Å². The first kappa shape index (κ1) is 14.3. The number of hydrogen-bond acceptors (Lipinski definition) is 4. The molecule has 0 saturated heterocycles. The Morgan fingerprint density at radius 1 is 1.45 bits per heavy atom. The zero-order valence-corrected chi connectivity index (χ0v) is 11.9. The highest BCUT2D eigenvalue weighted by Gasteiger charge is 2.23. The summed E-state index contributed by atoms with van der Waals surface area (Å²) in [6, 6.07) is 3.20. The summed E-state index contributed by atoms with van der Waals surface area (Å²) in [5, 5.41) is 16.9. The van der Waals surface area contributed by atoms with Crippen molar-refractivity contribution in [2.24, 2.45) is 5.41 Å². The van der Waals surface area contributed by atoms with Crippen LogP contribution in [0.5, 0.6) is 0 Å². The minimum Gasteiger partial charge on any atom is -0.384 e. The second kappa shape index (κ2) is 5.11. The summed E-state index contributed by atoms with van der Waals surface area (Å²) in [7, 11) is 0. The molecule has 2 N–H and O–H groups in total. The number of carbonyl (C=O) groups excluding carboxylic acids is 1. The van der Waals surface area contributed by atoms with Crippen LogP contribution < -0.4 is 10.6 Å². The number of carbonyl (C=O) groups is 1. The Bertz CT molecular complexity index is 562. The number of nitro benzene ring substituents is 1. The molecule has 1 aliphatic rings. The van der Waals surface area contributed by atoms with Gasteiger partial charge in [0, 0.05) is 24.7 Å². The van der Waals surface area contributed by atoms with Crippen LogP contribution in [0.1, 0.15) is 32.8 Å². The lowest BCUT2D eigenvalue weighted by Gasteiger charge is -2.17. The molecule has 1 aromatic rings. The summed E-state index contributed by atoms with van der Waals surface area (Å²) < 4.78 is 0. The zero-order chi connectivity index (χ0) is 14.9. The third-order valence-electron chi connectivity index (χ3n) is 3.09. The average molecular weight is 277 g/mol. The average Bonchev–Trinajstić information content (AvgIpc) is 2.71. The van der Waals surface area contributed by atoms with Gasteiger partial charge in [-0.05, 0) is 23.5 Å². The minimum atomic E-state index is -0.465. The van der Waals surface area contributed by atoms with E-state index in [0.29, 0.717) is 6.42 Å². The molecule has 0 spiro atoms. The molecule has 6 heteroatoms. The largest absolute Gasteiger partial charge is 0.384 e. The predicted octanol–water partition coefficient (Wildman–Crippen LogP) is 2.94. The van der Waals surface area contributed by atoms with Gasteiger partial charge in [0.2, 0.25) is 5.91 Å². The van der Waals surface area contributed by atoms with Crippen molar-refractivity contribution in [2.75, 3.05) is 17.2 Å². The van der Waals surface area contributed by atoms with Gasteiger partial charge in [-0.2, -0.15) is 0 Å². The molecule has 1 amide bonds. The van der Waals surface area contributed by atoms with E-state index in [1.54, 1.807) is 6.07 Å². The van der Waals surface area contributed by atoms with Crippen LogP contribution in [0, 0.1) is 15.5 Å². The van der Waals surface area contributed by atoms with Gasteiger partial charge >= 0.3 is 0 Å². The molecule has 6 nitrogen and oxygen atoms in total. The number of anilines is 2. The van der Waals surface area contributed by atoms with Crippen LogP contribution in [0.25, 0.3) is 0 Å². The Kier molecular flexibility index (Phi) is 3.65. The zero-order valence-electron chi connectivity index (χ0n) is 11.9. The van der Waals surface area contributed by atoms with Crippen molar-refractivity contribution < 1.29 is 9.72 Å². The first-order valence-corrected chi connectivity index (χ1v) is 6.61. The van der Waals surface area contributed by atoms with Crippen molar-refractivity contribution in [3.05, 3.63) is 27.8 Å². The van der Waals surface area contributed by atoms with Gasteiger partial charge in [-0.15, -0.1) is 0 Å². The number of hydrogen-bond donors (Lipinski definition) is 2. The number of nitro groups is 1. The number of nitrogens with one attached hydrogen (secondary N) is 2. The van der Waals surface area contributed by atoms with Crippen molar-refractivity contribution in [2.45, 2.75) is 33.6 Å². The van der Waals surface area contributed by atoms with Gasteiger partial charge in [0.05, 0.1) is 4.92 Å². The third kappa shape index (κ3) is 3.26. The summed E-state index contributed by atoms with van der Waals surface area (Å²) in [4.78, 5) is 22.6. The first-order valence-electron chi connectivity index (χ1n) is 6.61. The Morgan fingerprint density at radius 2 is 2.15 bits per heavy atom. The molecule has 0 atom stereocenters. The minimum absolute atomic E-state index is 0.0691. The molecule has 0 aromatic heterocycles. The molecule has 0 saturated carbocycles. The summed E-state index contributed by atoms with van der Waals surface area (Å²) in [6.45, 7) is 6.63. The fourth-order valence-corrected chi connectivity index (χ4v) is 2.26. The van der Waals surface area contributed by atoms with Crippen molar-refractivity contribution in [3.63, 3.8) is 0 Å². The van der Waals surface area contributed by atoms with E-state index in [4.69, 9.17) is 0 Å². The van der Waals surface area contributed by atoms with Gasteiger partial charge < -0.3 is 10.6 Å². The van der Waals surface area contributed by atoms with Gasteiger partial charge in [0.25, 0.3) is 5.69 Å². The van der Waals surface area contributed by atoms with E-state index in [-0.39, 0.29) is 22.7 Å². The van der Waals surface area contributed by atoms with Crippen molar-refractivity contribution in [1.29, 1.82) is 0 Å². The molecule has 1 heterocycles. The molecule has 1 aromatic carbocycles. The molecule has 0 unspecified atom stereocenters. The fraction of sp³-hybridized carbons (Fsp3) is 0.500. The van der Waals surface area contributed by atoms with Crippen molar-refractivity contribution in [3.8, 4) is 0 Å². The molecular weight excluding hydrogens is 258 g/mol. The molecule has 0 bridgehead atoms. The van der Waals surface area contributed by atoms with E-state index in [2.05, 4.69) is 10.6 Å². The Labute approximate surface area is 117 Å². The lowest BCUT2D eigenvalue weighted by molar-refractivity contribution is -0.383. The molecule has 20 heavy (non-hydrogen) atoms. The number of rotatable bonds is 3. The standard InChI is InChI=1S/C14H19N3O3/c1-14(2,3)8-13(18)16-11-6-9-4-5-15-10(9)7-12(11)17(19)20/h6-7,15H,4-5,8H2,1-3H3,(H,16,18). The third-order valence-corrected chi connectivity index (χ3v) is 3.09. The Balaban J connectivity index is 2.26. The monoisotopic (exact) mass is 277 g/mol. The number of nitrogens with zero attached hydrogens (tertiary/aromatic N) is 1. The number of benzene rings is 1. The van der Waals surface area contributed by atoms with Gasteiger partial charge in [0.15, 0.2) is 0 Å². The van der Waals surface area contributed by atoms with E-state index in [1.165, 1.54) is 6.07 Å². The van der Waals surface area contributed by atoms with Crippen LogP contribution in [0.2, 0.25) is 0 Å². The highest BCUT2D eigenvalue weighted by Crippen LogP contribution is 2.34. The molecule has 108 valence electrons. The lowest BCUT2D eigenvalue weighted by Crippen LogP contribution is -2.20. The maximum atomic E-state index is 12.0. The number of amides is 1. The maximum Gasteiger partial charge on any atom is 0.294 e. The van der Waals surface area contributed by atoms with Crippen molar-refractivity contribution >= 4 is 23.0 Å². The van der Waals surface area contributed by atoms with Crippen LogP contribution in [0.15, 0.2) is 12.1 Å². The Morgan fingerprint density at radius 3 is 2.75 bits per heavy atom. The van der Waals surface area contributed by atoms with Gasteiger partial charge in [0.1, 0.15) is 5.69 Å². The molecule has 0 radical (unpaired) electrons. The molecule has 2 rings (SSSR count). The highest BCUT2D eigenvalue weighted by atomic mass is 16.6.